The Bertz CT molecular complexity index is 1000. The van der Waals surface area contributed by atoms with E-state index in [0.717, 1.165) is 35.4 Å². The smallest absolute Gasteiger partial charge is 0.263 e. The first kappa shape index (κ1) is 22.3. The number of ether oxygens (including phenoxy) is 1. The van der Waals surface area contributed by atoms with Gasteiger partial charge in [0.25, 0.3) is 5.56 Å². The van der Waals surface area contributed by atoms with Gasteiger partial charge in [0.15, 0.2) is 0 Å². The van der Waals surface area contributed by atoms with Crippen molar-refractivity contribution in [2.45, 2.75) is 66.0 Å². The molecule has 1 aliphatic heterocycles. The van der Waals surface area contributed by atoms with Crippen LogP contribution in [0.4, 0.5) is 5.95 Å². The average molecular weight is 447 g/mol. The van der Waals surface area contributed by atoms with Gasteiger partial charge in [0, 0.05) is 37.6 Å². The minimum Gasteiger partial charge on any atom is -0.369 e. The van der Waals surface area contributed by atoms with Crippen LogP contribution < -0.4 is 10.5 Å². The number of aryl methyl sites for hydroxylation is 2. The second kappa shape index (κ2) is 9.28. The quantitative estimate of drug-likeness (QED) is 0.682. The van der Waals surface area contributed by atoms with Gasteiger partial charge < -0.3 is 14.5 Å². The number of hydrogen-bond acceptors (Lipinski definition) is 6. The number of carbonyl (C=O) groups excluding carboxylic acids is 1. The summed E-state index contributed by atoms with van der Waals surface area (Å²) >= 11 is 1.70. The molecule has 0 saturated carbocycles. The fourth-order valence-corrected chi connectivity index (χ4v) is 5.73. The summed E-state index contributed by atoms with van der Waals surface area (Å²) in [4.78, 5) is 37.3. The maximum atomic E-state index is 13.6. The van der Waals surface area contributed by atoms with Gasteiger partial charge in [-0.1, -0.05) is 13.8 Å². The van der Waals surface area contributed by atoms with E-state index in [9.17, 15) is 9.59 Å². The van der Waals surface area contributed by atoms with E-state index in [1.165, 1.54) is 16.9 Å². The molecule has 2 aliphatic rings. The lowest BCUT2D eigenvalue weighted by Crippen LogP contribution is -2.51. The lowest BCUT2D eigenvalue weighted by atomic mass is 9.97. The molecule has 8 heteroatoms. The third kappa shape index (κ3) is 4.65. The number of nitrogens with zero attached hydrogens (tertiary/aromatic N) is 4. The highest BCUT2D eigenvalue weighted by Gasteiger charge is 2.27. The third-order valence-corrected chi connectivity index (χ3v) is 7.24. The summed E-state index contributed by atoms with van der Waals surface area (Å²) in [5.74, 6) is 1.14. The van der Waals surface area contributed by atoms with Gasteiger partial charge in [-0.15, -0.1) is 11.3 Å². The van der Waals surface area contributed by atoms with Gasteiger partial charge in [-0.2, -0.15) is 0 Å². The Kier molecular flexibility index (Phi) is 6.67. The van der Waals surface area contributed by atoms with Crippen LogP contribution in [0.25, 0.3) is 10.2 Å². The molecular weight excluding hydrogens is 412 g/mol. The standard InChI is InChI=1S/C23H34N4O3S/c1-15(2)13-27-22(29)20-17-7-5-6-8-18(17)31-21(20)24-23(27)26-11-9-25(10-12-26)19(28)14-30-16(3)4/h15-16H,5-14H2,1-4H3. The van der Waals surface area contributed by atoms with E-state index in [0.29, 0.717) is 38.6 Å². The summed E-state index contributed by atoms with van der Waals surface area (Å²) in [6, 6.07) is 0. The predicted octanol–water partition coefficient (Wildman–Crippen LogP) is 3.07. The Hall–Kier alpha value is -1.93. The number of piperazine rings is 1. The van der Waals surface area contributed by atoms with Crippen LogP contribution in [0.2, 0.25) is 0 Å². The molecule has 0 unspecified atom stereocenters. The van der Waals surface area contributed by atoms with Gasteiger partial charge in [0.1, 0.15) is 11.4 Å². The lowest BCUT2D eigenvalue weighted by molar-refractivity contribution is -0.137. The van der Waals surface area contributed by atoms with Crippen LogP contribution in [-0.2, 0) is 28.9 Å². The van der Waals surface area contributed by atoms with Crippen LogP contribution in [0.5, 0.6) is 0 Å². The summed E-state index contributed by atoms with van der Waals surface area (Å²) in [5, 5.41) is 0.851. The van der Waals surface area contributed by atoms with Gasteiger partial charge in [0.2, 0.25) is 11.9 Å². The number of fused-ring (bicyclic) bond motifs is 3. The molecule has 1 saturated heterocycles. The van der Waals surface area contributed by atoms with E-state index in [1.807, 2.05) is 23.3 Å². The third-order valence-electron chi connectivity index (χ3n) is 6.06. The van der Waals surface area contributed by atoms with Crippen molar-refractivity contribution in [1.29, 1.82) is 0 Å². The number of anilines is 1. The van der Waals surface area contributed by atoms with Crippen molar-refractivity contribution in [2.75, 3.05) is 37.7 Å². The van der Waals surface area contributed by atoms with E-state index in [2.05, 4.69) is 18.7 Å². The Morgan fingerprint density at radius 2 is 1.81 bits per heavy atom. The van der Waals surface area contributed by atoms with Crippen LogP contribution in [0.15, 0.2) is 4.79 Å². The molecule has 0 N–H and O–H groups in total. The molecule has 3 heterocycles. The van der Waals surface area contributed by atoms with E-state index in [1.54, 1.807) is 11.3 Å². The summed E-state index contributed by atoms with van der Waals surface area (Å²) in [7, 11) is 0. The molecule has 31 heavy (non-hydrogen) atoms. The SMILES string of the molecule is CC(C)Cn1c(N2CCN(C(=O)COC(C)C)CC2)nc2sc3c(c2c1=O)CCCC3. The number of rotatable bonds is 6. The first-order chi connectivity index (χ1) is 14.8. The van der Waals surface area contributed by atoms with Crippen LogP contribution in [-0.4, -0.2) is 59.2 Å². The molecule has 0 bridgehead atoms. The normalized spacial score (nSPS) is 17.1. The molecule has 0 radical (unpaired) electrons. The molecule has 1 aliphatic carbocycles. The monoisotopic (exact) mass is 446 g/mol. The van der Waals surface area contributed by atoms with Crippen molar-refractivity contribution in [3.8, 4) is 0 Å². The molecule has 2 aromatic rings. The first-order valence-corrected chi connectivity index (χ1v) is 12.4. The second-order valence-corrected chi connectivity index (χ2v) is 10.4. The minimum absolute atomic E-state index is 0.0299. The fraction of sp³-hybridized carbons (Fsp3) is 0.696. The highest BCUT2D eigenvalue weighted by molar-refractivity contribution is 7.18. The zero-order chi connectivity index (χ0) is 22.1. The molecule has 0 spiro atoms. The topological polar surface area (TPSA) is 67.7 Å². The van der Waals surface area contributed by atoms with Crippen LogP contribution in [0.3, 0.4) is 0 Å². The molecule has 0 aromatic carbocycles. The highest BCUT2D eigenvalue weighted by Crippen LogP contribution is 2.34. The highest BCUT2D eigenvalue weighted by atomic mass is 32.1. The summed E-state index contributed by atoms with van der Waals surface area (Å²) in [6.45, 7) is 11.5. The Balaban J connectivity index is 1.61. The molecule has 2 aromatic heterocycles. The Labute approximate surface area is 188 Å². The summed E-state index contributed by atoms with van der Waals surface area (Å²) < 4.78 is 7.36. The zero-order valence-electron chi connectivity index (χ0n) is 19.1. The van der Waals surface area contributed by atoms with Crippen molar-refractivity contribution in [1.82, 2.24) is 14.5 Å². The fourth-order valence-electron chi connectivity index (χ4n) is 4.48. The van der Waals surface area contributed by atoms with Gasteiger partial charge in [0.05, 0.1) is 11.5 Å². The Morgan fingerprint density at radius 1 is 1.10 bits per heavy atom. The van der Waals surface area contributed by atoms with Gasteiger partial charge in [-0.3, -0.25) is 14.2 Å². The van der Waals surface area contributed by atoms with E-state index >= 15 is 0 Å². The largest absolute Gasteiger partial charge is 0.369 e. The van der Waals surface area contributed by atoms with Crippen molar-refractivity contribution < 1.29 is 9.53 Å². The summed E-state index contributed by atoms with van der Waals surface area (Å²) in [5.41, 5.74) is 1.35. The molecule has 4 rings (SSSR count). The first-order valence-electron chi connectivity index (χ1n) is 11.5. The van der Waals surface area contributed by atoms with Crippen LogP contribution in [0, 0.1) is 5.92 Å². The summed E-state index contributed by atoms with van der Waals surface area (Å²) in [6.07, 6.45) is 4.45. The predicted molar refractivity (Wildman–Crippen MR) is 125 cm³/mol. The van der Waals surface area contributed by atoms with Crippen LogP contribution in [0.1, 0.15) is 51.0 Å². The van der Waals surface area contributed by atoms with E-state index in [-0.39, 0.29) is 24.2 Å². The Morgan fingerprint density at radius 3 is 2.48 bits per heavy atom. The van der Waals surface area contributed by atoms with Gasteiger partial charge in [-0.05, 0) is 51.0 Å². The molecule has 170 valence electrons. The molecule has 0 atom stereocenters. The van der Waals surface area contributed by atoms with E-state index in [4.69, 9.17) is 9.72 Å². The minimum atomic E-state index is 0.0299. The molecule has 7 nitrogen and oxygen atoms in total. The molecule has 1 amide bonds. The van der Waals surface area contributed by atoms with E-state index < -0.39 is 0 Å². The van der Waals surface area contributed by atoms with Gasteiger partial charge in [-0.25, -0.2) is 4.98 Å². The number of carbonyl (C=O) groups is 1. The maximum absolute atomic E-state index is 13.6. The molecule has 1 fully saturated rings. The van der Waals surface area contributed by atoms with Crippen molar-refractivity contribution in [3.05, 3.63) is 20.8 Å². The van der Waals surface area contributed by atoms with Crippen molar-refractivity contribution >= 4 is 33.4 Å². The maximum Gasteiger partial charge on any atom is 0.263 e. The zero-order valence-corrected chi connectivity index (χ0v) is 20.0. The average Bonchev–Trinajstić information content (AvgIpc) is 3.12. The second-order valence-electron chi connectivity index (χ2n) is 9.34. The number of hydrogen-bond donors (Lipinski definition) is 0. The van der Waals surface area contributed by atoms with Gasteiger partial charge >= 0.3 is 0 Å². The van der Waals surface area contributed by atoms with Crippen molar-refractivity contribution in [3.63, 3.8) is 0 Å². The van der Waals surface area contributed by atoms with Crippen LogP contribution >= 0.6 is 11.3 Å². The number of aromatic nitrogens is 2. The molecular formula is C23H34N4O3S. The number of thiophene rings is 1. The lowest BCUT2D eigenvalue weighted by Gasteiger charge is -2.36. The number of amides is 1. The van der Waals surface area contributed by atoms with Crippen molar-refractivity contribution in [2.24, 2.45) is 5.92 Å².